The molecule has 28 heavy (non-hydrogen) atoms. The zero-order valence-electron chi connectivity index (χ0n) is 17.1. The third kappa shape index (κ3) is 4.91. The number of benzene rings is 1. The highest BCUT2D eigenvalue weighted by Gasteiger charge is 2.32. The Labute approximate surface area is 166 Å². The number of methoxy groups -OCH3 is 1. The second-order valence-electron chi connectivity index (χ2n) is 8.33. The lowest BCUT2D eigenvalue weighted by molar-refractivity contribution is 0.0248. The van der Waals surface area contributed by atoms with E-state index in [4.69, 9.17) is 9.47 Å². The zero-order valence-corrected chi connectivity index (χ0v) is 17.1. The van der Waals surface area contributed by atoms with Gasteiger partial charge in [-0.25, -0.2) is 13.2 Å². The van der Waals surface area contributed by atoms with Crippen LogP contribution in [-0.2, 0) is 9.47 Å². The molecule has 0 amide bonds. The molecule has 1 aromatic carbocycles. The van der Waals surface area contributed by atoms with Gasteiger partial charge in [-0.2, -0.15) is 0 Å². The topological polar surface area (TPSA) is 18.5 Å². The van der Waals surface area contributed by atoms with Gasteiger partial charge in [0.15, 0.2) is 0 Å². The van der Waals surface area contributed by atoms with Crippen molar-refractivity contribution in [1.29, 1.82) is 0 Å². The van der Waals surface area contributed by atoms with Crippen molar-refractivity contribution in [3.63, 3.8) is 0 Å². The molecule has 2 nitrogen and oxygen atoms in total. The molecule has 2 saturated carbocycles. The van der Waals surface area contributed by atoms with E-state index in [2.05, 4.69) is 6.92 Å². The molecular formula is C23H33F3O2. The van der Waals surface area contributed by atoms with Crippen LogP contribution in [0.2, 0.25) is 0 Å². The van der Waals surface area contributed by atoms with Crippen LogP contribution in [0.1, 0.15) is 99.7 Å². The zero-order chi connectivity index (χ0) is 20.1. The maximum atomic E-state index is 15.2. The van der Waals surface area contributed by atoms with Crippen molar-refractivity contribution in [3.05, 3.63) is 34.6 Å². The number of ether oxygens (including phenoxy) is 2. The molecule has 0 aromatic heterocycles. The van der Waals surface area contributed by atoms with Gasteiger partial charge >= 0.3 is 0 Å². The second-order valence-corrected chi connectivity index (χ2v) is 8.33. The standard InChI is InChI=1S/C23H33F3O2/c1-3-14-28-18-10-6-15(7-11-18)19-12-13-20(22(24)21(19)23(25)26)16-4-8-17(27-2)9-5-16/h12-13,15-18,23H,3-11,14H2,1-2H3. The van der Waals surface area contributed by atoms with Crippen LogP contribution in [0.25, 0.3) is 0 Å². The molecule has 0 unspecified atom stereocenters. The lowest BCUT2D eigenvalue weighted by Crippen LogP contribution is -2.23. The van der Waals surface area contributed by atoms with Gasteiger partial charge < -0.3 is 9.47 Å². The third-order valence-electron chi connectivity index (χ3n) is 6.58. The molecule has 0 atom stereocenters. The average molecular weight is 399 g/mol. The van der Waals surface area contributed by atoms with Crippen LogP contribution in [0.5, 0.6) is 0 Å². The minimum atomic E-state index is -2.78. The molecule has 0 radical (unpaired) electrons. The first-order valence-electron chi connectivity index (χ1n) is 10.8. The number of hydrogen-bond acceptors (Lipinski definition) is 2. The first kappa shape index (κ1) is 21.6. The summed E-state index contributed by atoms with van der Waals surface area (Å²) in [6.45, 7) is 2.82. The number of hydrogen-bond donors (Lipinski definition) is 0. The Morgan fingerprint density at radius 3 is 1.96 bits per heavy atom. The van der Waals surface area contributed by atoms with Crippen molar-refractivity contribution in [1.82, 2.24) is 0 Å². The van der Waals surface area contributed by atoms with Gasteiger partial charge in [-0.05, 0) is 80.8 Å². The summed E-state index contributed by atoms with van der Waals surface area (Å²) in [6, 6.07) is 3.55. The summed E-state index contributed by atoms with van der Waals surface area (Å²) in [4.78, 5) is 0. The largest absolute Gasteiger partial charge is 0.381 e. The number of rotatable bonds is 7. The van der Waals surface area contributed by atoms with E-state index >= 15 is 4.39 Å². The van der Waals surface area contributed by atoms with Gasteiger partial charge in [0, 0.05) is 13.7 Å². The van der Waals surface area contributed by atoms with E-state index in [1.807, 2.05) is 0 Å². The Hall–Kier alpha value is -1.07. The van der Waals surface area contributed by atoms with Crippen molar-refractivity contribution in [2.24, 2.45) is 0 Å². The maximum Gasteiger partial charge on any atom is 0.266 e. The third-order valence-corrected chi connectivity index (χ3v) is 6.58. The fraction of sp³-hybridized carbons (Fsp3) is 0.739. The lowest BCUT2D eigenvalue weighted by Gasteiger charge is -2.32. The SMILES string of the molecule is CCCOC1CCC(c2ccc(C3CCC(OC)CC3)c(F)c2C(F)F)CC1. The highest BCUT2D eigenvalue weighted by molar-refractivity contribution is 5.39. The van der Waals surface area contributed by atoms with Crippen molar-refractivity contribution in [2.75, 3.05) is 13.7 Å². The van der Waals surface area contributed by atoms with E-state index in [0.717, 1.165) is 64.4 Å². The van der Waals surface area contributed by atoms with Gasteiger partial charge in [0.2, 0.25) is 0 Å². The predicted molar refractivity (Wildman–Crippen MR) is 105 cm³/mol. The van der Waals surface area contributed by atoms with Crippen LogP contribution in [-0.4, -0.2) is 25.9 Å². The molecule has 0 saturated heterocycles. The van der Waals surface area contributed by atoms with Crippen molar-refractivity contribution < 1.29 is 22.6 Å². The Balaban J connectivity index is 1.75. The fourth-order valence-electron chi connectivity index (χ4n) is 4.95. The molecule has 158 valence electrons. The molecule has 0 bridgehead atoms. The summed E-state index contributed by atoms with van der Waals surface area (Å²) >= 11 is 0. The molecule has 5 heteroatoms. The summed E-state index contributed by atoms with van der Waals surface area (Å²) in [5, 5.41) is 0. The summed E-state index contributed by atoms with van der Waals surface area (Å²) in [5.74, 6) is -0.660. The highest BCUT2D eigenvalue weighted by Crippen LogP contribution is 2.43. The first-order chi connectivity index (χ1) is 13.5. The van der Waals surface area contributed by atoms with Crippen LogP contribution in [0.3, 0.4) is 0 Å². The Morgan fingerprint density at radius 1 is 0.893 bits per heavy atom. The molecule has 0 spiro atoms. The predicted octanol–water partition coefficient (Wildman–Crippen LogP) is 6.89. The van der Waals surface area contributed by atoms with Crippen molar-refractivity contribution in [3.8, 4) is 0 Å². The van der Waals surface area contributed by atoms with E-state index in [0.29, 0.717) is 11.1 Å². The summed E-state index contributed by atoms with van der Waals surface area (Å²) in [5.41, 5.74) is 0.619. The molecule has 2 aliphatic carbocycles. The lowest BCUT2D eigenvalue weighted by atomic mass is 9.77. The number of halogens is 3. The van der Waals surface area contributed by atoms with Crippen LogP contribution in [0.4, 0.5) is 13.2 Å². The van der Waals surface area contributed by atoms with Gasteiger partial charge in [-0.15, -0.1) is 0 Å². The van der Waals surface area contributed by atoms with E-state index < -0.39 is 12.2 Å². The second kappa shape index (κ2) is 10.1. The molecular weight excluding hydrogens is 365 g/mol. The monoisotopic (exact) mass is 398 g/mol. The molecule has 2 aliphatic rings. The highest BCUT2D eigenvalue weighted by atomic mass is 19.3. The van der Waals surface area contributed by atoms with Gasteiger partial charge in [0.25, 0.3) is 6.43 Å². The van der Waals surface area contributed by atoms with Crippen molar-refractivity contribution in [2.45, 2.75) is 95.2 Å². The molecule has 3 rings (SSSR count). The van der Waals surface area contributed by atoms with Crippen LogP contribution < -0.4 is 0 Å². The van der Waals surface area contributed by atoms with Crippen molar-refractivity contribution >= 4 is 0 Å². The van der Waals surface area contributed by atoms with E-state index in [-0.39, 0.29) is 29.6 Å². The fourth-order valence-corrected chi connectivity index (χ4v) is 4.95. The summed E-state index contributed by atoms with van der Waals surface area (Å²) in [7, 11) is 1.69. The maximum absolute atomic E-state index is 15.2. The van der Waals surface area contributed by atoms with E-state index in [9.17, 15) is 8.78 Å². The molecule has 1 aromatic rings. The number of alkyl halides is 2. The normalized spacial score (nSPS) is 28.6. The van der Waals surface area contributed by atoms with E-state index in [1.54, 1.807) is 19.2 Å². The summed E-state index contributed by atoms with van der Waals surface area (Å²) in [6.07, 6.45) is 5.20. The Morgan fingerprint density at radius 2 is 1.43 bits per heavy atom. The van der Waals surface area contributed by atoms with Gasteiger partial charge in [-0.1, -0.05) is 19.1 Å². The van der Waals surface area contributed by atoms with Crippen LogP contribution in [0.15, 0.2) is 12.1 Å². The average Bonchev–Trinajstić information content (AvgIpc) is 2.72. The molecule has 2 fully saturated rings. The van der Waals surface area contributed by atoms with Gasteiger partial charge in [0.1, 0.15) is 5.82 Å². The summed E-state index contributed by atoms with van der Waals surface area (Å²) < 4.78 is 54.1. The Kier molecular flexibility index (Phi) is 7.81. The van der Waals surface area contributed by atoms with Crippen LogP contribution >= 0.6 is 0 Å². The Bertz CT molecular complexity index is 619. The van der Waals surface area contributed by atoms with E-state index in [1.165, 1.54) is 0 Å². The van der Waals surface area contributed by atoms with Gasteiger partial charge in [-0.3, -0.25) is 0 Å². The first-order valence-corrected chi connectivity index (χ1v) is 10.8. The molecule has 0 N–H and O–H groups in total. The minimum Gasteiger partial charge on any atom is -0.381 e. The molecule has 0 heterocycles. The molecule has 0 aliphatic heterocycles. The van der Waals surface area contributed by atoms with Gasteiger partial charge in [0.05, 0.1) is 17.8 Å². The minimum absolute atomic E-state index is 0.00162. The van der Waals surface area contributed by atoms with Crippen LogP contribution in [0, 0.1) is 5.82 Å². The smallest absolute Gasteiger partial charge is 0.266 e. The quantitative estimate of drug-likeness (QED) is 0.498.